The molecule has 32 heavy (non-hydrogen) atoms. The summed E-state index contributed by atoms with van der Waals surface area (Å²) < 4.78 is 5.68. The van der Waals surface area contributed by atoms with E-state index in [2.05, 4.69) is 32.4 Å². The third-order valence-electron chi connectivity index (χ3n) is 5.50. The van der Waals surface area contributed by atoms with Gasteiger partial charge in [-0.1, -0.05) is 30.3 Å². The summed E-state index contributed by atoms with van der Waals surface area (Å²) in [6.45, 7) is 1.11. The highest BCUT2D eigenvalue weighted by molar-refractivity contribution is 5.96. The van der Waals surface area contributed by atoms with Crippen molar-refractivity contribution in [3.63, 3.8) is 0 Å². The molecule has 0 radical (unpaired) electrons. The van der Waals surface area contributed by atoms with Crippen LogP contribution in [-0.4, -0.2) is 27.5 Å². The highest BCUT2D eigenvalue weighted by Gasteiger charge is 2.12. The van der Waals surface area contributed by atoms with Gasteiger partial charge in [0.2, 0.25) is 0 Å². The molecule has 1 aliphatic heterocycles. The second kappa shape index (κ2) is 8.14. The zero-order chi connectivity index (χ0) is 22.1. The maximum atomic E-state index is 12.5. The molecule has 8 heteroatoms. The molecule has 8 nitrogen and oxygen atoms in total. The maximum Gasteiger partial charge on any atom is 0.327 e. The van der Waals surface area contributed by atoms with Crippen molar-refractivity contribution in [3.05, 3.63) is 92.3 Å². The van der Waals surface area contributed by atoms with E-state index in [1.165, 1.54) is 17.8 Å². The van der Waals surface area contributed by atoms with Crippen molar-refractivity contribution >= 4 is 16.9 Å². The molecule has 3 N–H and O–H groups in total. The fourth-order valence-electron chi connectivity index (χ4n) is 3.81. The lowest BCUT2D eigenvalue weighted by atomic mass is 9.98. The minimum absolute atomic E-state index is 0.139. The lowest BCUT2D eigenvalue weighted by molar-refractivity contribution is 0.0950. The number of rotatable bonds is 4. The number of nitrogens with zero attached hydrogens (tertiary/aromatic N) is 1. The minimum Gasteiger partial charge on any atom is -0.493 e. The van der Waals surface area contributed by atoms with Gasteiger partial charge in [0.05, 0.1) is 17.6 Å². The molecule has 3 heterocycles. The Hall–Kier alpha value is -4.20. The van der Waals surface area contributed by atoms with Crippen molar-refractivity contribution in [1.82, 2.24) is 20.3 Å². The van der Waals surface area contributed by atoms with Crippen LogP contribution in [-0.2, 0) is 13.0 Å². The number of pyridine rings is 1. The van der Waals surface area contributed by atoms with Crippen LogP contribution in [0.25, 0.3) is 22.2 Å². The average Bonchev–Trinajstić information content (AvgIpc) is 2.82. The molecule has 2 aromatic carbocycles. The predicted octanol–water partition coefficient (Wildman–Crippen LogP) is 2.53. The highest BCUT2D eigenvalue weighted by Crippen LogP contribution is 2.30. The van der Waals surface area contributed by atoms with Crippen molar-refractivity contribution < 1.29 is 9.53 Å². The smallest absolute Gasteiger partial charge is 0.327 e. The number of fused-ring (bicyclic) bond motifs is 2. The normalized spacial score (nSPS) is 12.8. The molecule has 0 spiro atoms. The van der Waals surface area contributed by atoms with Crippen LogP contribution >= 0.6 is 0 Å². The van der Waals surface area contributed by atoms with Gasteiger partial charge in [-0.05, 0) is 53.3 Å². The number of H-pyrrole nitrogens is 2. The number of carbonyl (C=O) groups excluding carboxylic acids is 1. The lowest BCUT2D eigenvalue weighted by Crippen LogP contribution is -2.25. The third kappa shape index (κ3) is 3.90. The van der Waals surface area contributed by atoms with E-state index >= 15 is 0 Å². The van der Waals surface area contributed by atoms with E-state index in [1.54, 1.807) is 0 Å². The molecule has 1 amide bonds. The van der Waals surface area contributed by atoms with Crippen LogP contribution in [0.5, 0.6) is 5.75 Å². The average molecular weight is 428 g/mol. The molecular formula is C24H20N4O4. The standard InChI is InChI=1S/C24H20N4O4/c29-22(18-11-19-21(25-13-18)27-24(31)28-23(19)30)26-12-14-3-5-15(6-4-14)16-7-8-20-17(10-16)2-1-9-32-20/h3-8,10-11,13H,1-2,9,12H2,(H,26,29)(H2,25,27,28,30,31). The molecule has 5 rings (SSSR count). The van der Waals surface area contributed by atoms with E-state index in [0.29, 0.717) is 6.54 Å². The van der Waals surface area contributed by atoms with Gasteiger partial charge < -0.3 is 10.1 Å². The van der Waals surface area contributed by atoms with E-state index in [-0.39, 0.29) is 22.5 Å². The summed E-state index contributed by atoms with van der Waals surface area (Å²) in [6.07, 6.45) is 3.39. The molecule has 0 fully saturated rings. The highest BCUT2D eigenvalue weighted by atomic mass is 16.5. The van der Waals surface area contributed by atoms with Gasteiger partial charge in [-0.3, -0.25) is 19.6 Å². The van der Waals surface area contributed by atoms with Crippen molar-refractivity contribution in [2.24, 2.45) is 0 Å². The van der Waals surface area contributed by atoms with Crippen molar-refractivity contribution in [2.45, 2.75) is 19.4 Å². The molecular weight excluding hydrogens is 408 g/mol. The Bertz CT molecular complexity index is 1440. The van der Waals surface area contributed by atoms with Gasteiger partial charge in [0, 0.05) is 12.7 Å². The van der Waals surface area contributed by atoms with Crippen molar-refractivity contribution in [1.29, 1.82) is 0 Å². The monoisotopic (exact) mass is 428 g/mol. The molecule has 0 saturated heterocycles. The molecule has 160 valence electrons. The maximum absolute atomic E-state index is 12.5. The van der Waals surface area contributed by atoms with Gasteiger partial charge in [-0.25, -0.2) is 9.78 Å². The molecule has 0 aliphatic carbocycles. The number of benzene rings is 2. The Balaban J connectivity index is 1.28. The summed E-state index contributed by atoms with van der Waals surface area (Å²) in [4.78, 5) is 44.3. The zero-order valence-corrected chi connectivity index (χ0v) is 17.1. The number of ether oxygens (including phenoxy) is 1. The van der Waals surface area contributed by atoms with Gasteiger partial charge >= 0.3 is 5.69 Å². The number of hydrogen-bond acceptors (Lipinski definition) is 5. The number of aromatic nitrogens is 3. The quantitative estimate of drug-likeness (QED) is 0.462. The molecule has 0 unspecified atom stereocenters. The van der Waals surface area contributed by atoms with E-state index in [4.69, 9.17) is 4.74 Å². The van der Waals surface area contributed by atoms with E-state index in [9.17, 15) is 14.4 Å². The number of nitrogens with one attached hydrogen (secondary N) is 3. The topological polar surface area (TPSA) is 117 Å². The lowest BCUT2D eigenvalue weighted by Gasteiger charge is -2.18. The molecule has 2 aromatic heterocycles. The summed E-state index contributed by atoms with van der Waals surface area (Å²) in [6, 6.07) is 15.7. The first-order valence-corrected chi connectivity index (χ1v) is 10.3. The van der Waals surface area contributed by atoms with Crippen LogP contribution in [0.15, 0.2) is 64.3 Å². The third-order valence-corrected chi connectivity index (χ3v) is 5.50. The Morgan fingerprint density at radius 3 is 2.69 bits per heavy atom. The number of aryl methyl sites for hydroxylation is 1. The van der Waals surface area contributed by atoms with Crippen LogP contribution in [0.1, 0.15) is 27.9 Å². The Labute approximate surface area is 182 Å². The van der Waals surface area contributed by atoms with Crippen molar-refractivity contribution in [3.8, 4) is 16.9 Å². The summed E-state index contributed by atoms with van der Waals surface area (Å²) in [5, 5.41) is 2.98. The number of hydrogen-bond donors (Lipinski definition) is 3. The first-order valence-electron chi connectivity index (χ1n) is 10.3. The Kier molecular flexibility index (Phi) is 5.03. The Morgan fingerprint density at radius 2 is 1.84 bits per heavy atom. The summed E-state index contributed by atoms with van der Waals surface area (Å²) in [7, 11) is 0. The zero-order valence-electron chi connectivity index (χ0n) is 17.1. The summed E-state index contributed by atoms with van der Waals surface area (Å²) in [5.41, 5.74) is 3.56. The van der Waals surface area contributed by atoms with Crippen LogP contribution in [0, 0.1) is 0 Å². The first kappa shape index (κ1) is 19.7. The molecule has 1 aliphatic rings. The SMILES string of the molecule is O=C(NCc1ccc(-c2ccc3c(c2)CCCO3)cc1)c1cnc2[nH]c(=O)[nH]c(=O)c2c1. The van der Waals surface area contributed by atoms with Crippen molar-refractivity contribution in [2.75, 3.05) is 6.61 Å². The van der Waals surface area contributed by atoms with Crippen LogP contribution in [0.4, 0.5) is 0 Å². The Morgan fingerprint density at radius 1 is 1.03 bits per heavy atom. The van der Waals surface area contributed by atoms with Crippen LogP contribution in [0.2, 0.25) is 0 Å². The van der Waals surface area contributed by atoms with Crippen LogP contribution < -0.4 is 21.3 Å². The largest absolute Gasteiger partial charge is 0.493 e. The first-order chi connectivity index (χ1) is 15.6. The molecule has 0 saturated carbocycles. The molecule has 0 bridgehead atoms. The van der Waals surface area contributed by atoms with Gasteiger partial charge in [-0.15, -0.1) is 0 Å². The van der Waals surface area contributed by atoms with Crippen LogP contribution in [0.3, 0.4) is 0 Å². The second-order valence-electron chi connectivity index (χ2n) is 7.68. The minimum atomic E-state index is -0.639. The van der Waals surface area contributed by atoms with Gasteiger partial charge in [0.15, 0.2) is 0 Å². The van der Waals surface area contributed by atoms with E-state index in [1.807, 2.05) is 30.3 Å². The van der Waals surface area contributed by atoms with Gasteiger partial charge in [0.1, 0.15) is 11.4 Å². The predicted molar refractivity (Wildman–Crippen MR) is 120 cm³/mol. The number of carbonyl (C=O) groups is 1. The van der Waals surface area contributed by atoms with E-state index in [0.717, 1.165) is 41.9 Å². The molecule has 4 aromatic rings. The summed E-state index contributed by atoms with van der Waals surface area (Å²) >= 11 is 0. The van der Waals surface area contributed by atoms with Gasteiger partial charge in [-0.2, -0.15) is 0 Å². The molecule has 0 atom stereocenters. The van der Waals surface area contributed by atoms with E-state index < -0.39 is 11.2 Å². The fraction of sp³-hybridized carbons (Fsp3) is 0.167. The number of aromatic amines is 2. The fourth-order valence-corrected chi connectivity index (χ4v) is 3.81. The second-order valence-corrected chi connectivity index (χ2v) is 7.68. The number of amides is 1. The summed E-state index contributed by atoms with van der Waals surface area (Å²) in [5.74, 6) is 0.611. The van der Waals surface area contributed by atoms with Gasteiger partial charge in [0.25, 0.3) is 11.5 Å².